The lowest BCUT2D eigenvalue weighted by molar-refractivity contribution is -0.125. The second-order valence-corrected chi connectivity index (χ2v) is 4.81. The first-order valence-corrected chi connectivity index (χ1v) is 6.52. The fourth-order valence-corrected chi connectivity index (χ4v) is 2.26. The van der Waals surface area contributed by atoms with Gasteiger partial charge in [-0.05, 0) is 25.0 Å². The summed E-state index contributed by atoms with van der Waals surface area (Å²) in [5, 5.41) is 22.5. The van der Waals surface area contributed by atoms with Crippen molar-refractivity contribution in [3.8, 4) is 11.5 Å². The lowest BCUT2D eigenvalue weighted by Gasteiger charge is -2.19. The van der Waals surface area contributed by atoms with E-state index in [-0.39, 0.29) is 23.3 Å². The number of hydrogen-bond acceptors (Lipinski definition) is 4. The van der Waals surface area contributed by atoms with E-state index < -0.39 is 0 Å². The van der Waals surface area contributed by atoms with Crippen molar-refractivity contribution in [2.75, 3.05) is 0 Å². The van der Waals surface area contributed by atoms with E-state index in [0.717, 1.165) is 25.7 Å². The van der Waals surface area contributed by atoms with E-state index >= 15 is 0 Å². The molecule has 0 spiro atoms. The second-order valence-electron chi connectivity index (χ2n) is 4.81. The maximum absolute atomic E-state index is 11.8. The van der Waals surface area contributed by atoms with Crippen LogP contribution in [-0.2, 0) is 4.79 Å². The van der Waals surface area contributed by atoms with Crippen molar-refractivity contribution in [2.45, 2.75) is 32.1 Å². The lowest BCUT2D eigenvalue weighted by Crippen LogP contribution is -2.28. The Balaban J connectivity index is 1.90. The van der Waals surface area contributed by atoms with Crippen molar-refractivity contribution in [1.29, 1.82) is 0 Å². The number of hydrazone groups is 1. The van der Waals surface area contributed by atoms with Crippen LogP contribution in [0.25, 0.3) is 0 Å². The van der Waals surface area contributed by atoms with Crippen molar-refractivity contribution >= 4 is 12.1 Å². The molecule has 102 valence electrons. The minimum atomic E-state index is -0.0735. The SMILES string of the molecule is O=C(NN=Cc1ccc(O)cc1O)C1CCCCC1. The summed E-state index contributed by atoms with van der Waals surface area (Å²) in [6.45, 7) is 0. The molecule has 19 heavy (non-hydrogen) atoms. The van der Waals surface area contributed by atoms with Crippen LogP contribution in [0.1, 0.15) is 37.7 Å². The molecule has 5 nitrogen and oxygen atoms in total. The molecule has 0 atom stereocenters. The third-order valence-corrected chi connectivity index (χ3v) is 3.37. The Bertz CT molecular complexity index is 480. The van der Waals surface area contributed by atoms with Gasteiger partial charge in [-0.3, -0.25) is 4.79 Å². The molecule has 1 amide bonds. The largest absolute Gasteiger partial charge is 0.508 e. The molecule has 0 bridgehead atoms. The Labute approximate surface area is 112 Å². The van der Waals surface area contributed by atoms with E-state index in [1.807, 2.05) is 0 Å². The van der Waals surface area contributed by atoms with E-state index in [2.05, 4.69) is 10.5 Å². The standard InChI is InChI=1S/C14H18N2O3/c17-12-7-6-11(13(18)8-12)9-15-16-14(19)10-4-2-1-3-5-10/h6-10,17-18H,1-5H2,(H,16,19). The maximum atomic E-state index is 11.8. The second kappa shape index (κ2) is 6.22. The first-order valence-electron chi connectivity index (χ1n) is 6.52. The van der Waals surface area contributed by atoms with Crippen molar-refractivity contribution < 1.29 is 15.0 Å². The molecular weight excluding hydrogens is 244 g/mol. The Morgan fingerprint density at radius 3 is 2.68 bits per heavy atom. The number of benzene rings is 1. The number of carbonyl (C=O) groups is 1. The van der Waals surface area contributed by atoms with Crippen molar-refractivity contribution in [2.24, 2.45) is 11.0 Å². The molecule has 1 fully saturated rings. The molecule has 0 heterocycles. The summed E-state index contributed by atoms with van der Waals surface area (Å²) in [6, 6.07) is 4.20. The fourth-order valence-electron chi connectivity index (χ4n) is 2.26. The molecule has 2 rings (SSSR count). The third-order valence-electron chi connectivity index (χ3n) is 3.37. The Kier molecular flexibility index (Phi) is 4.39. The number of nitrogens with one attached hydrogen (secondary N) is 1. The van der Waals surface area contributed by atoms with Gasteiger partial charge in [0, 0.05) is 17.5 Å². The number of phenolic OH excluding ortho intramolecular Hbond substituents is 2. The van der Waals surface area contributed by atoms with E-state index in [0.29, 0.717) is 5.56 Å². The van der Waals surface area contributed by atoms with Gasteiger partial charge in [-0.15, -0.1) is 0 Å². The third kappa shape index (κ3) is 3.71. The first-order chi connectivity index (χ1) is 9.16. The van der Waals surface area contributed by atoms with Gasteiger partial charge in [-0.1, -0.05) is 19.3 Å². The van der Waals surface area contributed by atoms with Gasteiger partial charge in [0.1, 0.15) is 11.5 Å². The summed E-state index contributed by atoms with van der Waals surface area (Å²) >= 11 is 0. The topological polar surface area (TPSA) is 81.9 Å². The summed E-state index contributed by atoms with van der Waals surface area (Å²) in [5.74, 6) is -0.0925. The first kappa shape index (κ1) is 13.4. The molecule has 1 aliphatic carbocycles. The zero-order valence-corrected chi connectivity index (χ0v) is 10.7. The van der Waals surface area contributed by atoms with Crippen LogP contribution in [0.15, 0.2) is 23.3 Å². The van der Waals surface area contributed by atoms with Gasteiger partial charge in [-0.25, -0.2) is 5.43 Å². The van der Waals surface area contributed by atoms with Gasteiger partial charge >= 0.3 is 0 Å². The number of rotatable bonds is 3. The molecule has 0 unspecified atom stereocenters. The Hall–Kier alpha value is -2.04. The van der Waals surface area contributed by atoms with Crippen molar-refractivity contribution in [3.63, 3.8) is 0 Å². The molecule has 0 aliphatic heterocycles. The smallest absolute Gasteiger partial charge is 0.243 e. The lowest BCUT2D eigenvalue weighted by atomic mass is 9.89. The molecule has 1 aromatic rings. The van der Waals surface area contributed by atoms with Gasteiger partial charge in [0.2, 0.25) is 5.91 Å². The van der Waals surface area contributed by atoms with E-state index in [4.69, 9.17) is 5.11 Å². The molecular formula is C14H18N2O3. The summed E-state index contributed by atoms with van der Waals surface area (Å²) in [4.78, 5) is 11.8. The fraction of sp³-hybridized carbons (Fsp3) is 0.429. The van der Waals surface area contributed by atoms with Crippen molar-refractivity contribution in [3.05, 3.63) is 23.8 Å². The molecule has 5 heteroatoms. The van der Waals surface area contributed by atoms with E-state index in [1.165, 1.54) is 30.8 Å². The van der Waals surface area contributed by atoms with Crippen LogP contribution in [0.3, 0.4) is 0 Å². The highest BCUT2D eigenvalue weighted by atomic mass is 16.3. The van der Waals surface area contributed by atoms with Crippen LogP contribution in [0.4, 0.5) is 0 Å². The van der Waals surface area contributed by atoms with Crippen molar-refractivity contribution in [1.82, 2.24) is 5.43 Å². The highest BCUT2D eigenvalue weighted by molar-refractivity contribution is 5.85. The number of carbonyl (C=O) groups excluding carboxylic acids is 1. The van der Waals surface area contributed by atoms with Crippen LogP contribution in [0.5, 0.6) is 11.5 Å². The van der Waals surface area contributed by atoms with Gasteiger partial charge < -0.3 is 10.2 Å². The van der Waals surface area contributed by atoms with Crippen LogP contribution < -0.4 is 5.43 Å². The quantitative estimate of drug-likeness (QED) is 0.576. The number of aromatic hydroxyl groups is 2. The van der Waals surface area contributed by atoms with Crippen LogP contribution in [0, 0.1) is 5.92 Å². The molecule has 0 radical (unpaired) electrons. The maximum Gasteiger partial charge on any atom is 0.243 e. The van der Waals surface area contributed by atoms with Crippen LogP contribution in [-0.4, -0.2) is 22.3 Å². The summed E-state index contributed by atoms with van der Waals surface area (Å²) < 4.78 is 0. The highest BCUT2D eigenvalue weighted by Gasteiger charge is 2.20. The van der Waals surface area contributed by atoms with Crippen LogP contribution >= 0.6 is 0 Å². The molecule has 0 aromatic heterocycles. The van der Waals surface area contributed by atoms with Gasteiger partial charge in [0.05, 0.1) is 6.21 Å². The Morgan fingerprint density at radius 2 is 2.00 bits per heavy atom. The Morgan fingerprint density at radius 1 is 1.26 bits per heavy atom. The molecule has 1 saturated carbocycles. The number of hydrogen-bond donors (Lipinski definition) is 3. The van der Waals surface area contributed by atoms with Crippen LogP contribution in [0.2, 0.25) is 0 Å². The highest BCUT2D eigenvalue weighted by Crippen LogP contribution is 2.23. The van der Waals surface area contributed by atoms with E-state index in [9.17, 15) is 9.90 Å². The minimum Gasteiger partial charge on any atom is -0.508 e. The number of amides is 1. The zero-order valence-electron chi connectivity index (χ0n) is 10.7. The zero-order chi connectivity index (χ0) is 13.7. The normalized spacial score (nSPS) is 16.6. The summed E-state index contributed by atoms with van der Waals surface area (Å²) in [5.41, 5.74) is 2.95. The molecule has 3 N–H and O–H groups in total. The molecule has 1 aliphatic rings. The summed E-state index contributed by atoms with van der Waals surface area (Å²) in [6.07, 6.45) is 6.61. The monoisotopic (exact) mass is 262 g/mol. The predicted octanol–water partition coefficient (Wildman–Crippen LogP) is 2.13. The average molecular weight is 262 g/mol. The number of phenols is 2. The minimum absolute atomic E-state index is 0.0131. The van der Waals surface area contributed by atoms with Gasteiger partial charge in [-0.2, -0.15) is 5.10 Å². The summed E-state index contributed by atoms with van der Waals surface area (Å²) in [7, 11) is 0. The predicted molar refractivity (Wildman–Crippen MR) is 72.1 cm³/mol. The average Bonchev–Trinajstić information content (AvgIpc) is 2.42. The van der Waals surface area contributed by atoms with Gasteiger partial charge in [0.25, 0.3) is 0 Å². The van der Waals surface area contributed by atoms with Gasteiger partial charge in [0.15, 0.2) is 0 Å². The molecule has 0 saturated heterocycles. The van der Waals surface area contributed by atoms with E-state index in [1.54, 1.807) is 0 Å². The number of nitrogens with zero attached hydrogens (tertiary/aromatic N) is 1. The molecule has 1 aromatic carbocycles.